The maximum atomic E-state index is 5.92. The number of piperidine rings is 1. The van der Waals surface area contributed by atoms with Gasteiger partial charge in [-0.2, -0.15) is 0 Å². The SMILES string of the molecule is CCC1(C)CC(NCC(C)N2CCCCC2)CCO1. The first kappa shape index (κ1) is 15.3. The largest absolute Gasteiger partial charge is 0.375 e. The third-order valence-corrected chi connectivity index (χ3v) is 5.06. The quantitative estimate of drug-likeness (QED) is 0.830. The standard InChI is InChI=1S/C16H32N2O/c1-4-16(3)12-15(8-11-19-16)17-13-14(2)18-9-6-5-7-10-18/h14-15,17H,4-13H2,1-3H3. The number of nitrogens with one attached hydrogen (secondary N) is 1. The molecule has 2 rings (SSSR count). The second-order valence-electron chi connectivity index (χ2n) is 6.70. The van der Waals surface area contributed by atoms with E-state index in [9.17, 15) is 0 Å². The van der Waals surface area contributed by atoms with Gasteiger partial charge < -0.3 is 10.1 Å². The van der Waals surface area contributed by atoms with E-state index in [1.165, 1.54) is 38.8 Å². The average molecular weight is 268 g/mol. The predicted molar refractivity (Wildman–Crippen MR) is 80.6 cm³/mol. The van der Waals surface area contributed by atoms with Crippen LogP contribution in [0.3, 0.4) is 0 Å². The lowest BCUT2D eigenvalue weighted by atomic mass is 9.90. The maximum absolute atomic E-state index is 5.92. The van der Waals surface area contributed by atoms with Crippen LogP contribution in [0.1, 0.15) is 59.3 Å². The fourth-order valence-electron chi connectivity index (χ4n) is 3.38. The first-order valence-electron chi connectivity index (χ1n) is 8.24. The van der Waals surface area contributed by atoms with Crippen LogP contribution in [0.2, 0.25) is 0 Å². The molecule has 2 aliphatic heterocycles. The summed E-state index contributed by atoms with van der Waals surface area (Å²) in [7, 11) is 0. The Morgan fingerprint density at radius 1 is 1.32 bits per heavy atom. The zero-order chi connectivity index (χ0) is 13.7. The fourth-order valence-corrected chi connectivity index (χ4v) is 3.38. The molecule has 0 bridgehead atoms. The predicted octanol–water partition coefficient (Wildman–Crippen LogP) is 2.80. The second kappa shape index (κ2) is 7.05. The Labute approximate surface area is 119 Å². The second-order valence-corrected chi connectivity index (χ2v) is 6.70. The van der Waals surface area contributed by atoms with E-state index in [1.807, 2.05) is 0 Å². The molecule has 2 aliphatic rings. The van der Waals surface area contributed by atoms with Crippen LogP contribution in [-0.2, 0) is 4.74 Å². The van der Waals surface area contributed by atoms with E-state index < -0.39 is 0 Å². The van der Waals surface area contributed by atoms with Crippen LogP contribution in [0, 0.1) is 0 Å². The molecular weight excluding hydrogens is 236 g/mol. The lowest BCUT2D eigenvalue weighted by molar-refractivity contribution is -0.0783. The van der Waals surface area contributed by atoms with Gasteiger partial charge >= 0.3 is 0 Å². The van der Waals surface area contributed by atoms with Crippen LogP contribution in [0.15, 0.2) is 0 Å². The van der Waals surface area contributed by atoms with Crippen LogP contribution in [0.5, 0.6) is 0 Å². The van der Waals surface area contributed by atoms with Gasteiger partial charge in [0.05, 0.1) is 5.60 Å². The molecule has 2 fully saturated rings. The number of hydrogen-bond acceptors (Lipinski definition) is 3. The van der Waals surface area contributed by atoms with Gasteiger partial charge in [-0.05, 0) is 59.0 Å². The lowest BCUT2D eigenvalue weighted by Crippen LogP contribution is -2.49. The summed E-state index contributed by atoms with van der Waals surface area (Å²) in [4.78, 5) is 2.65. The van der Waals surface area contributed by atoms with Crippen LogP contribution < -0.4 is 5.32 Å². The molecule has 0 aromatic rings. The minimum atomic E-state index is 0.101. The Morgan fingerprint density at radius 3 is 2.74 bits per heavy atom. The van der Waals surface area contributed by atoms with Crippen LogP contribution in [-0.4, -0.2) is 48.8 Å². The molecule has 0 amide bonds. The minimum absolute atomic E-state index is 0.101. The van der Waals surface area contributed by atoms with Crippen molar-refractivity contribution in [1.29, 1.82) is 0 Å². The summed E-state index contributed by atoms with van der Waals surface area (Å²) in [5.41, 5.74) is 0.101. The summed E-state index contributed by atoms with van der Waals surface area (Å²) in [6.45, 7) is 11.5. The van der Waals surface area contributed by atoms with Crippen molar-refractivity contribution in [3.05, 3.63) is 0 Å². The van der Waals surface area contributed by atoms with Crippen molar-refractivity contribution in [3.8, 4) is 0 Å². The van der Waals surface area contributed by atoms with Gasteiger partial charge in [-0.3, -0.25) is 4.90 Å². The van der Waals surface area contributed by atoms with E-state index in [-0.39, 0.29) is 5.60 Å². The smallest absolute Gasteiger partial charge is 0.0666 e. The normalized spacial score (nSPS) is 35.2. The molecule has 0 spiro atoms. The van der Waals surface area contributed by atoms with Gasteiger partial charge in [-0.15, -0.1) is 0 Å². The Balaban J connectivity index is 1.72. The van der Waals surface area contributed by atoms with Crippen molar-refractivity contribution in [3.63, 3.8) is 0 Å². The summed E-state index contributed by atoms with van der Waals surface area (Å²) in [6, 6.07) is 1.32. The molecule has 2 heterocycles. The van der Waals surface area contributed by atoms with Gasteiger partial charge in [0.2, 0.25) is 0 Å². The van der Waals surface area contributed by atoms with Crippen LogP contribution in [0.4, 0.5) is 0 Å². The fraction of sp³-hybridized carbons (Fsp3) is 1.00. The van der Waals surface area contributed by atoms with E-state index in [2.05, 4.69) is 31.0 Å². The molecule has 0 radical (unpaired) electrons. The van der Waals surface area contributed by atoms with Crippen molar-refractivity contribution in [2.45, 2.75) is 77.0 Å². The molecule has 0 aromatic heterocycles. The first-order valence-corrected chi connectivity index (χ1v) is 8.24. The Bertz CT molecular complexity index is 265. The zero-order valence-electron chi connectivity index (χ0n) is 13.1. The minimum Gasteiger partial charge on any atom is -0.375 e. The Kier molecular flexibility index (Phi) is 5.67. The van der Waals surface area contributed by atoms with Crippen LogP contribution >= 0.6 is 0 Å². The van der Waals surface area contributed by atoms with E-state index in [0.717, 1.165) is 26.0 Å². The highest BCUT2D eigenvalue weighted by molar-refractivity contribution is 4.86. The number of hydrogen-bond donors (Lipinski definition) is 1. The van der Waals surface area contributed by atoms with E-state index in [1.54, 1.807) is 0 Å². The molecule has 0 saturated carbocycles. The maximum Gasteiger partial charge on any atom is 0.0666 e. The molecule has 1 N–H and O–H groups in total. The third-order valence-electron chi connectivity index (χ3n) is 5.06. The summed E-state index contributed by atoms with van der Waals surface area (Å²) in [5.74, 6) is 0. The summed E-state index contributed by atoms with van der Waals surface area (Å²) < 4.78 is 5.92. The Morgan fingerprint density at radius 2 is 2.05 bits per heavy atom. The molecule has 2 saturated heterocycles. The van der Waals surface area contributed by atoms with Gasteiger partial charge in [0.25, 0.3) is 0 Å². The molecule has 3 unspecified atom stereocenters. The summed E-state index contributed by atoms with van der Waals surface area (Å²) in [6.07, 6.45) is 7.64. The van der Waals surface area contributed by atoms with E-state index >= 15 is 0 Å². The van der Waals surface area contributed by atoms with Crippen molar-refractivity contribution in [2.75, 3.05) is 26.2 Å². The van der Waals surface area contributed by atoms with Crippen molar-refractivity contribution in [1.82, 2.24) is 10.2 Å². The van der Waals surface area contributed by atoms with Gasteiger partial charge in [0, 0.05) is 25.2 Å². The number of nitrogens with zero attached hydrogens (tertiary/aromatic N) is 1. The van der Waals surface area contributed by atoms with Crippen molar-refractivity contribution < 1.29 is 4.74 Å². The topological polar surface area (TPSA) is 24.5 Å². The molecule has 3 heteroatoms. The van der Waals surface area contributed by atoms with Crippen LogP contribution in [0.25, 0.3) is 0 Å². The number of likely N-dealkylation sites (tertiary alicyclic amines) is 1. The van der Waals surface area contributed by atoms with Crippen molar-refractivity contribution >= 4 is 0 Å². The van der Waals surface area contributed by atoms with Gasteiger partial charge in [0.1, 0.15) is 0 Å². The molecular formula is C16H32N2O. The van der Waals surface area contributed by atoms with E-state index in [0.29, 0.717) is 12.1 Å². The average Bonchev–Trinajstić information content (AvgIpc) is 2.46. The van der Waals surface area contributed by atoms with Gasteiger partial charge in [-0.1, -0.05) is 13.3 Å². The zero-order valence-corrected chi connectivity index (χ0v) is 13.1. The Hall–Kier alpha value is -0.120. The van der Waals surface area contributed by atoms with Crippen molar-refractivity contribution in [2.24, 2.45) is 0 Å². The highest BCUT2D eigenvalue weighted by Crippen LogP contribution is 2.27. The molecule has 3 atom stereocenters. The third kappa shape index (κ3) is 4.44. The van der Waals surface area contributed by atoms with Gasteiger partial charge in [0.15, 0.2) is 0 Å². The molecule has 3 nitrogen and oxygen atoms in total. The number of rotatable bonds is 5. The summed E-state index contributed by atoms with van der Waals surface area (Å²) in [5, 5.41) is 3.79. The van der Waals surface area contributed by atoms with Gasteiger partial charge in [-0.25, -0.2) is 0 Å². The highest BCUT2D eigenvalue weighted by atomic mass is 16.5. The number of ether oxygens (including phenoxy) is 1. The summed E-state index contributed by atoms with van der Waals surface area (Å²) >= 11 is 0. The molecule has 0 aromatic carbocycles. The molecule has 0 aliphatic carbocycles. The first-order chi connectivity index (χ1) is 9.13. The van der Waals surface area contributed by atoms with E-state index in [4.69, 9.17) is 4.74 Å². The highest BCUT2D eigenvalue weighted by Gasteiger charge is 2.31. The monoisotopic (exact) mass is 268 g/mol. The lowest BCUT2D eigenvalue weighted by Gasteiger charge is -2.39. The molecule has 112 valence electrons. The molecule has 19 heavy (non-hydrogen) atoms.